The minimum Gasteiger partial charge on any atom is -0.376 e. The lowest BCUT2D eigenvalue weighted by Crippen LogP contribution is -2.50. The van der Waals surface area contributed by atoms with Gasteiger partial charge in [0.15, 0.2) is 0 Å². The van der Waals surface area contributed by atoms with Gasteiger partial charge in [0.05, 0.1) is 6.54 Å². The van der Waals surface area contributed by atoms with E-state index in [0.29, 0.717) is 18.1 Å². The van der Waals surface area contributed by atoms with E-state index in [1.165, 1.54) is 0 Å². The molecule has 0 bridgehead atoms. The maximum atomic E-state index is 12.3. The van der Waals surface area contributed by atoms with Gasteiger partial charge in [0, 0.05) is 47.6 Å². The second-order valence-electron chi connectivity index (χ2n) is 5.71. The Balaban J connectivity index is 1.50. The number of nitrogens with one attached hydrogen (secondary N) is 1. The number of hydrogen-bond donors (Lipinski definition) is 1. The second kappa shape index (κ2) is 7.77. The Hall–Kier alpha value is -1.91. The van der Waals surface area contributed by atoms with Gasteiger partial charge in [-0.15, -0.1) is 0 Å². The predicted molar refractivity (Wildman–Crippen MR) is 100 cm³/mol. The number of anilines is 2. The number of carbonyl (C=O) groups excluding carboxylic acids is 1. The van der Waals surface area contributed by atoms with Crippen LogP contribution in [0, 0.1) is 0 Å². The van der Waals surface area contributed by atoms with E-state index in [2.05, 4.69) is 10.2 Å². The highest BCUT2D eigenvalue weighted by Gasteiger charge is 2.21. The van der Waals surface area contributed by atoms with Crippen molar-refractivity contribution in [2.24, 2.45) is 0 Å². The maximum Gasteiger partial charge on any atom is 0.241 e. The molecule has 24 heavy (non-hydrogen) atoms. The van der Waals surface area contributed by atoms with Gasteiger partial charge in [-0.1, -0.05) is 35.3 Å². The monoisotopic (exact) mass is 363 g/mol. The van der Waals surface area contributed by atoms with Crippen LogP contribution in [-0.4, -0.2) is 43.5 Å². The van der Waals surface area contributed by atoms with Crippen molar-refractivity contribution in [1.82, 2.24) is 4.90 Å². The third kappa shape index (κ3) is 4.34. The standard InChI is InChI=1S/C18H19Cl2N3O/c19-14-3-1-5-16(11-14)21-13-18(24)23-9-7-22(8-10-23)17-6-2-4-15(20)12-17/h1-6,11-12,21H,7-10,13H2. The average molecular weight is 364 g/mol. The molecule has 6 heteroatoms. The van der Waals surface area contributed by atoms with Gasteiger partial charge in [-0.25, -0.2) is 0 Å². The van der Waals surface area contributed by atoms with E-state index in [9.17, 15) is 4.79 Å². The van der Waals surface area contributed by atoms with Crippen LogP contribution in [0.15, 0.2) is 48.5 Å². The van der Waals surface area contributed by atoms with E-state index < -0.39 is 0 Å². The molecule has 0 atom stereocenters. The first-order chi connectivity index (χ1) is 11.6. The van der Waals surface area contributed by atoms with Crippen molar-refractivity contribution in [1.29, 1.82) is 0 Å². The molecular weight excluding hydrogens is 345 g/mol. The number of amides is 1. The SMILES string of the molecule is O=C(CNc1cccc(Cl)c1)N1CCN(c2cccc(Cl)c2)CC1. The van der Waals surface area contributed by atoms with Crippen LogP contribution < -0.4 is 10.2 Å². The highest BCUT2D eigenvalue weighted by molar-refractivity contribution is 6.31. The van der Waals surface area contributed by atoms with Crippen molar-refractivity contribution in [2.75, 3.05) is 42.9 Å². The molecule has 0 radical (unpaired) electrons. The van der Waals surface area contributed by atoms with Crippen LogP contribution >= 0.6 is 23.2 Å². The summed E-state index contributed by atoms with van der Waals surface area (Å²) in [7, 11) is 0. The molecule has 0 aliphatic carbocycles. The van der Waals surface area contributed by atoms with Gasteiger partial charge in [0.25, 0.3) is 0 Å². The lowest BCUT2D eigenvalue weighted by atomic mass is 10.2. The molecule has 2 aromatic carbocycles. The zero-order valence-corrected chi connectivity index (χ0v) is 14.7. The van der Waals surface area contributed by atoms with Crippen molar-refractivity contribution in [2.45, 2.75) is 0 Å². The summed E-state index contributed by atoms with van der Waals surface area (Å²) < 4.78 is 0. The van der Waals surface area contributed by atoms with Gasteiger partial charge in [0.1, 0.15) is 0 Å². The smallest absolute Gasteiger partial charge is 0.241 e. The van der Waals surface area contributed by atoms with Crippen LogP contribution in [0.25, 0.3) is 0 Å². The summed E-state index contributed by atoms with van der Waals surface area (Å²) in [4.78, 5) is 16.5. The van der Waals surface area contributed by atoms with Crippen molar-refractivity contribution < 1.29 is 4.79 Å². The minimum absolute atomic E-state index is 0.0979. The zero-order valence-electron chi connectivity index (χ0n) is 13.2. The van der Waals surface area contributed by atoms with Crippen LogP contribution in [0.3, 0.4) is 0 Å². The first-order valence-electron chi connectivity index (χ1n) is 7.89. The number of piperazine rings is 1. The number of rotatable bonds is 4. The van der Waals surface area contributed by atoms with E-state index in [0.717, 1.165) is 29.5 Å². The fraction of sp³-hybridized carbons (Fsp3) is 0.278. The number of carbonyl (C=O) groups is 1. The summed E-state index contributed by atoms with van der Waals surface area (Å²) in [5.74, 6) is 0.0979. The van der Waals surface area contributed by atoms with E-state index in [1.54, 1.807) is 0 Å². The summed E-state index contributed by atoms with van der Waals surface area (Å²) in [6.45, 7) is 3.31. The Labute approximate surface area is 152 Å². The van der Waals surface area contributed by atoms with E-state index in [-0.39, 0.29) is 12.5 Å². The average Bonchev–Trinajstić information content (AvgIpc) is 2.60. The molecule has 1 heterocycles. The Kier molecular flexibility index (Phi) is 5.48. The number of nitrogens with zero attached hydrogens (tertiary/aromatic N) is 2. The van der Waals surface area contributed by atoms with Crippen LogP contribution in [-0.2, 0) is 4.79 Å². The molecule has 126 valence electrons. The molecule has 1 fully saturated rings. The highest BCUT2D eigenvalue weighted by Crippen LogP contribution is 2.21. The van der Waals surface area contributed by atoms with Crippen LogP contribution in [0.4, 0.5) is 11.4 Å². The molecule has 3 rings (SSSR count). The molecule has 1 aliphatic heterocycles. The molecular formula is C18H19Cl2N3O. The predicted octanol–water partition coefficient (Wildman–Crippen LogP) is 3.75. The van der Waals surface area contributed by atoms with Crippen molar-refractivity contribution >= 4 is 40.5 Å². The van der Waals surface area contributed by atoms with Crippen LogP contribution in [0.2, 0.25) is 10.0 Å². The molecule has 0 aromatic heterocycles. The van der Waals surface area contributed by atoms with Gasteiger partial charge in [-0.05, 0) is 36.4 Å². The summed E-state index contributed by atoms with van der Waals surface area (Å²) in [6.07, 6.45) is 0. The Morgan fingerprint density at radius 1 is 0.958 bits per heavy atom. The molecule has 1 amide bonds. The Morgan fingerprint density at radius 2 is 1.62 bits per heavy atom. The summed E-state index contributed by atoms with van der Waals surface area (Å²) in [6, 6.07) is 15.2. The third-order valence-electron chi connectivity index (χ3n) is 4.07. The molecule has 0 spiro atoms. The maximum absolute atomic E-state index is 12.3. The quantitative estimate of drug-likeness (QED) is 0.898. The first kappa shape index (κ1) is 16.9. The summed E-state index contributed by atoms with van der Waals surface area (Å²) in [5.41, 5.74) is 1.96. The Morgan fingerprint density at radius 3 is 2.29 bits per heavy atom. The van der Waals surface area contributed by atoms with Crippen molar-refractivity contribution in [3.8, 4) is 0 Å². The summed E-state index contributed by atoms with van der Waals surface area (Å²) >= 11 is 12.0. The minimum atomic E-state index is 0.0979. The van der Waals surface area contributed by atoms with E-state index >= 15 is 0 Å². The lowest BCUT2D eigenvalue weighted by molar-refractivity contribution is -0.129. The van der Waals surface area contributed by atoms with Crippen LogP contribution in [0.1, 0.15) is 0 Å². The van der Waals surface area contributed by atoms with E-state index in [1.807, 2.05) is 53.4 Å². The van der Waals surface area contributed by atoms with Crippen LogP contribution in [0.5, 0.6) is 0 Å². The third-order valence-corrected chi connectivity index (χ3v) is 4.54. The number of halogens is 2. The number of benzene rings is 2. The van der Waals surface area contributed by atoms with Gasteiger partial charge >= 0.3 is 0 Å². The molecule has 4 nitrogen and oxygen atoms in total. The van der Waals surface area contributed by atoms with Gasteiger partial charge in [-0.2, -0.15) is 0 Å². The van der Waals surface area contributed by atoms with E-state index in [4.69, 9.17) is 23.2 Å². The highest BCUT2D eigenvalue weighted by atomic mass is 35.5. The number of hydrogen-bond acceptors (Lipinski definition) is 3. The zero-order chi connectivity index (χ0) is 16.9. The molecule has 2 aromatic rings. The first-order valence-corrected chi connectivity index (χ1v) is 8.65. The van der Waals surface area contributed by atoms with Gasteiger partial charge in [0.2, 0.25) is 5.91 Å². The fourth-order valence-electron chi connectivity index (χ4n) is 2.77. The Bertz CT molecular complexity index is 715. The van der Waals surface area contributed by atoms with Gasteiger partial charge < -0.3 is 15.1 Å². The topological polar surface area (TPSA) is 35.6 Å². The molecule has 0 unspecified atom stereocenters. The van der Waals surface area contributed by atoms with Gasteiger partial charge in [-0.3, -0.25) is 4.79 Å². The second-order valence-corrected chi connectivity index (χ2v) is 6.58. The lowest BCUT2D eigenvalue weighted by Gasteiger charge is -2.36. The normalized spacial score (nSPS) is 14.6. The van der Waals surface area contributed by atoms with Crippen molar-refractivity contribution in [3.63, 3.8) is 0 Å². The largest absolute Gasteiger partial charge is 0.376 e. The molecule has 1 saturated heterocycles. The fourth-order valence-corrected chi connectivity index (χ4v) is 3.15. The summed E-state index contributed by atoms with van der Waals surface area (Å²) in [5, 5.41) is 4.51. The van der Waals surface area contributed by atoms with Crippen molar-refractivity contribution in [3.05, 3.63) is 58.6 Å². The molecule has 0 saturated carbocycles. The molecule has 1 aliphatic rings. The molecule has 1 N–H and O–H groups in total.